The van der Waals surface area contributed by atoms with E-state index in [0.717, 1.165) is 0 Å². The number of carbonyl (C=O) groups is 2. The summed E-state index contributed by atoms with van der Waals surface area (Å²) in [6, 6.07) is 12.8. The Morgan fingerprint density at radius 1 is 1.12 bits per heavy atom. The first kappa shape index (κ1) is 16.2. The number of nitrogens with zero attached hydrogens (tertiary/aromatic N) is 1. The largest absolute Gasteiger partial charge is 0.323 e. The van der Waals surface area contributed by atoms with Crippen LogP contribution in [0.5, 0.6) is 0 Å². The molecule has 0 fully saturated rings. The highest BCUT2D eigenvalue weighted by atomic mass is 32.2. The fraction of sp³-hybridized carbons (Fsp3) is 0.176. The van der Waals surface area contributed by atoms with Crippen LogP contribution in [0.25, 0.3) is 0 Å². The van der Waals surface area contributed by atoms with E-state index in [9.17, 15) is 18.0 Å². The summed E-state index contributed by atoms with van der Waals surface area (Å²) in [6.45, 7) is 1.49. The predicted octanol–water partition coefficient (Wildman–Crippen LogP) is 2.08. The minimum absolute atomic E-state index is 0.0000350. The number of amides is 2. The summed E-state index contributed by atoms with van der Waals surface area (Å²) in [4.78, 5) is 26.1. The molecule has 1 aliphatic rings. The van der Waals surface area contributed by atoms with Crippen LogP contribution < -0.4 is 10.2 Å². The van der Waals surface area contributed by atoms with Gasteiger partial charge in [-0.15, -0.1) is 0 Å². The van der Waals surface area contributed by atoms with Crippen LogP contribution in [0.2, 0.25) is 0 Å². The first-order valence-corrected chi connectivity index (χ1v) is 9.11. The lowest BCUT2D eigenvalue weighted by molar-refractivity contribution is -0.115. The number of sulfone groups is 1. The molecule has 1 N–H and O–H groups in total. The van der Waals surface area contributed by atoms with Crippen molar-refractivity contribution in [2.45, 2.75) is 11.8 Å². The molecule has 0 spiro atoms. The second kappa shape index (κ2) is 6.09. The zero-order chi connectivity index (χ0) is 17.3. The molecule has 7 heteroatoms. The molecule has 1 heterocycles. The summed E-state index contributed by atoms with van der Waals surface area (Å²) >= 11 is 0. The third kappa shape index (κ3) is 2.90. The van der Waals surface area contributed by atoms with Crippen LogP contribution in [0.4, 0.5) is 11.4 Å². The third-order valence-electron chi connectivity index (χ3n) is 3.86. The summed E-state index contributed by atoms with van der Waals surface area (Å²) < 4.78 is 23.7. The summed E-state index contributed by atoms with van der Waals surface area (Å²) in [5.41, 5.74) is 1.52. The number of hydrogen-bond donors (Lipinski definition) is 1. The summed E-state index contributed by atoms with van der Waals surface area (Å²) in [5, 5.41) is 2.72. The molecule has 0 saturated carbocycles. The highest BCUT2D eigenvalue weighted by Crippen LogP contribution is 2.30. The van der Waals surface area contributed by atoms with Gasteiger partial charge in [-0.2, -0.15) is 0 Å². The van der Waals surface area contributed by atoms with E-state index < -0.39 is 9.84 Å². The van der Waals surface area contributed by atoms with Crippen molar-refractivity contribution >= 4 is 33.0 Å². The molecular formula is C17H16N2O4S. The maximum absolute atomic E-state index is 12.7. The number of anilines is 2. The first-order valence-electron chi connectivity index (χ1n) is 7.46. The van der Waals surface area contributed by atoms with Crippen molar-refractivity contribution in [1.82, 2.24) is 0 Å². The molecule has 0 atom stereocenters. The van der Waals surface area contributed by atoms with E-state index in [2.05, 4.69) is 5.32 Å². The molecule has 0 saturated heterocycles. The number of rotatable bonds is 3. The molecule has 2 aromatic rings. The van der Waals surface area contributed by atoms with E-state index in [0.29, 0.717) is 16.9 Å². The number of para-hydroxylation sites is 2. The number of hydrogen-bond acceptors (Lipinski definition) is 4. The van der Waals surface area contributed by atoms with Crippen molar-refractivity contribution in [2.24, 2.45) is 0 Å². The van der Waals surface area contributed by atoms with Gasteiger partial charge in [-0.3, -0.25) is 14.5 Å². The molecule has 0 aromatic heterocycles. The van der Waals surface area contributed by atoms with E-state index in [1.807, 2.05) is 0 Å². The molecule has 0 bridgehead atoms. The van der Waals surface area contributed by atoms with Crippen LogP contribution in [0, 0.1) is 0 Å². The van der Waals surface area contributed by atoms with Crippen molar-refractivity contribution in [3.63, 3.8) is 0 Å². The van der Waals surface area contributed by atoms with Gasteiger partial charge in [-0.05, 0) is 36.4 Å². The van der Waals surface area contributed by atoms with Crippen LogP contribution in [-0.4, -0.2) is 32.5 Å². The van der Waals surface area contributed by atoms with Crippen LogP contribution in [0.3, 0.4) is 0 Å². The quantitative estimate of drug-likeness (QED) is 0.924. The lowest BCUT2D eigenvalue weighted by Crippen LogP contribution is -2.42. The first-order chi connectivity index (χ1) is 11.4. The van der Waals surface area contributed by atoms with Gasteiger partial charge in [0.1, 0.15) is 6.54 Å². The number of carbonyl (C=O) groups excluding carboxylic acids is 2. The van der Waals surface area contributed by atoms with Crippen LogP contribution in [-0.2, 0) is 14.6 Å². The predicted molar refractivity (Wildman–Crippen MR) is 90.9 cm³/mol. The molecule has 1 aliphatic heterocycles. The molecule has 2 aromatic carbocycles. The van der Waals surface area contributed by atoms with Gasteiger partial charge in [-0.25, -0.2) is 8.42 Å². The summed E-state index contributed by atoms with van der Waals surface area (Å²) in [6.07, 6.45) is 0. The molecule has 124 valence electrons. The average molecular weight is 344 g/mol. The normalized spacial score (nSPS) is 14.0. The number of nitrogens with one attached hydrogen (secondary N) is 1. The van der Waals surface area contributed by atoms with Gasteiger partial charge in [0, 0.05) is 5.56 Å². The van der Waals surface area contributed by atoms with Crippen molar-refractivity contribution in [3.05, 3.63) is 54.1 Å². The highest BCUT2D eigenvalue weighted by molar-refractivity contribution is 7.91. The van der Waals surface area contributed by atoms with Crippen molar-refractivity contribution in [2.75, 3.05) is 22.5 Å². The zero-order valence-electron chi connectivity index (χ0n) is 13.0. The molecule has 2 amide bonds. The second-order valence-corrected chi connectivity index (χ2v) is 7.66. The van der Waals surface area contributed by atoms with E-state index in [1.54, 1.807) is 31.2 Å². The maximum Gasteiger partial charge on any atom is 0.258 e. The lowest BCUT2D eigenvalue weighted by atomic mass is 10.1. The fourth-order valence-corrected chi connectivity index (χ4v) is 3.43. The van der Waals surface area contributed by atoms with Gasteiger partial charge in [0.2, 0.25) is 5.91 Å². The Hall–Kier alpha value is -2.67. The SMILES string of the molecule is CCS(=O)(=O)c1ccc(C(=O)N2CC(=O)Nc3ccccc32)cc1. The van der Waals surface area contributed by atoms with Crippen LogP contribution >= 0.6 is 0 Å². The van der Waals surface area contributed by atoms with Crippen LogP contribution in [0.15, 0.2) is 53.4 Å². The molecule has 0 aliphatic carbocycles. The van der Waals surface area contributed by atoms with Gasteiger partial charge in [-0.1, -0.05) is 19.1 Å². The molecular weight excluding hydrogens is 328 g/mol. The molecule has 3 rings (SSSR count). The third-order valence-corrected chi connectivity index (χ3v) is 5.61. The Morgan fingerprint density at radius 3 is 2.46 bits per heavy atom. The Balaban J connectivity index is 1.94. The van der Waals surface area contributed by atoms with E-state index >= 15 is 0 Å². The fourth-order valence-electron chi connectivity index (χ4n) is 2.54. The smallest absolute Gasteiger partial charge is 0.258 e. The Kier molecular flexibility index (Phi) is 4.11. The van der Waals surface area contributed by atoms with Crippen molar-refractivity contribution in [3.8, 4) is 0 Å². The van der Waals surface area contributed by atoms with E-state index in [-0.39, 0.29) is 29.0 Å². The van der Waals surface area contributed by atoms with Crippen molar-refractivity contribution in [1.29, 1.82) is 0 Å². The summed E-state index contributed by atoms with van der Waals surface area (Å²) in [7, 11) is -3.31. The molecule has 0 radical (unpaired) electrons. The molecule has 24 heavy (non-hydrogen) atoms. The van der Waals surface area contributed by atoms with Gasteiger partial charge >= 0.3 is 0 Å². The summed E-state index contributed by atoms with van der Waals surface area (Å²) in [5.74, 6) is -0.620. The zero-order valence-corrected chi connectivity index (χ0v) is 13.8. The van der Waals surface area contributed by atoms with E-state index in [1.165, 1.54) is 29.2 Å². The Morgan fingerprint density at radius 2 is 1.79 bits per heavy atom. The van der Waals surface area contributed by atoms with Gasteiger partial charge < -0.3 is 5.32 Å². The van der Waals surface area contributed by atoms with Gasteiger partial charge in [0.05, 0.1) is 22.0 Å². The standard InChI is InChI=1S/C17H16N2O4S/c1-2-24(22,23)13-9-7-12(8-10-13)17(21)19-11-16(20)18-14-5-3-4-6-15(14)19/h3-10H,2,11H2,1H3,(H,18,20). The lowest BCUT2D eigenvalue weighted by Gasteiger charge is -2.29. The Bertz CT molecular complexity index is 904. The maximum atomic E-state index is 12.7. The molecule has 0 unspecified atom stereocenters. The van der Waals surface area contributed by atoms with E-state index in [4.69, 9.17) is 0 Å². The minimum atomic E-state index is -3.31. The number of benzene rings is 2. The van der Waals surface area contributed by atoms with Crippen LogP contribution in [0.1, 0.15) is 17.3 Å². The highest BCUT2D eigenvalue weighted by Gasteiger charge is 2.27. The average Bonchev–Trinajstić information content (AvgIpc) is 2.60. The second-order valence-electron chi connectivity index (χ2n) is 5.38. The molecule has 6 nitrogen and oxygen atoms in total. The van der Waals surface area contributed by atoms with Gasteiger partial charge in [0.15, 0.2) is 9.84 Å². The number of fused-ring (bicyclic) bond motifs is 1. The monoisotopic (exact) mass is 344 g/mol. The van der Waals surface area contributed by atoms with Gasteiger partial charge in [0.25, 0.3) is 5.91 Å². The minimum Gasteiger partial charge on any atom is -0.323 e. The topological polar surface area (TPSA) is 83.6 Å². The Labute approximate surface area is 140 Å². The van der Waals surface area contributed by atoms with Crippen molar-refractivity contribution < 1.29 is 18.0 Å².